The number of rotatable bonds is 27. The quantitative estimate of drug-likeness (QED) is 0.0556. The lowest BCUT2D eigenvalue weighted by atomic mass is 10.0. The Kier molecular flexibility index (Phi) is 19.3. The average Bonchev–Trinajstić information content (AvgIpc) is 3.71. The second-order valence-corrected chi connectivity index (χ2v) is 14.4. The van der Waals surface area contributed by atoms with Crippen molar-refractivity contribution in [2.45, 2.75) is 49.4 Å². The smallest absolute Gasteiger partial charge is 0.337 e. The zero-order valence-corrected chi connectivity index (χ0v) is 32.3. The molecule has 2 aromatic carbocycles. The molecule has 2 aliphatic heterocycles. The highest BCUT2D eigenvalue weighted by atomic mass is 35.5. The number of thioether (sulfide) groups is 1. The van der Waals surface area contributed by atoms with Crippen molar-refractivity contribution in [3.63, 3.8) is 0 Å². The van der Waals surface area contributed by atoms with E-state index in [4.69, 9.17) is 46.9 Å². The number of hydrogen-bond donors (Lipinski definition) is 6. The predicted octanol–water partition coefficient (Wildman–Crippen LogP) is 4.23. The van der Waals surface area contributed by atoms with Crippen molar-refractivity contribution < 1.29 is 48.0 Å². The van der Waals surface area contributed by atoms with Gasteiger partial charge in [-0.25, -0.2) is 9.59 Å². The lowest BCUT2D eigenvalue weighted by molar-refractivity contribution is -0.122. The van der Waals surface area contributed by atoms with E-state index in [2.05, 4.69) is 26.6 Å². The molecule has 3 atom stereocenters. The zero-order valence-electron chi connectivity index (χ0n) is 30.0. The van der Waals surface area contributed by atoms with Gasteiger partial charge in [-0.2, -0.15) is 11.8 Å². The second-order valence-electron chi connectivity index (χ2n) is 12.3. The number of carboxylic acid groups (broad SMARTS) is 1. The summed E-state index contributed by atoms with van der Waals surface area (Å²) in [5.41, 5.74) is 0.692. The molecular weight excluding hydrogens is 765 g/mol. The number of benzene rings is 2. The van der Waals surface area contributed by atoms with Crippen molar-refractivity contribution in [1.82, 2.24) is 21.3 Å². The van der Waals surface area contributed by atoms with E-state index in [0.717, 1.165) is 25.0 Å². The van der Waals surface area contributed by atoms with E-state index in [9.17, 15) is 24.3 Å². The van der Waals surface area contributed by atoms with E-state index in [0.29, 0.717) is 81.6 Å². The third kappa shape index (κ3) is 15.0. The number of ether oxygens (including phenoxy) is 5. The molecule has 54 heavy (non-hydrogen) atoms. The van der Waals surface area contributed by atoms with Gasteiger partial charge in [0.25, 0.3) is 0 Å². The van der Waals surface area contributed by atoms with Crippen molar-refractivity contribution in [3.05, 3.63) is 52.0 Å². The number of para-hydroxylation sites is 1. The summed E-state index contributed by atoms with van der Waals surface area (Å²) in [6.45, 7) is 3.82. The maximum absolute atomic E-state index is 12.1. The van der Waals surface area contributed by atoms with Gasteiger partial charge in [-0.1, -0.05) is 41.8 Å². The summed E-state index contributed by atoms with van der Waals surface area (Å²) < 4.78 is 27.6. The fraction of sp³-hybridized carbons (Fsp3) is 0.556. The lowest BCUT2D eigenvalue weighted by Crippen LogP contribution is -2.36. The molecule has 0 spiro atoms. The molecule has 2 fully saturated rings. The Morgan fingerprint density at radius 1 is 0.796 bits per heavy atom. The van der Waals surface area contributed by atoms with Crippen LogP contribution in [0.1, 0.15) is 42.5 Å². The highest BCUT2D eigenvalue weighted by Crippen LogP contribution is 2.40. The number of carboxylic acids is 1. The fourth-order valence-electron chi connectivity index (χ4n) is 5.66. The van der Waals surface area contributed by atoms with Crippen molar-refractivity contribution in [1.29, 1.82) is 0 Å². The molecule has 18 heteroatoms. The number of amides is 4. The van der Waals surface area contributed by atoms with Gasteiger partial charge in [0.2, 0.25) is 11.8 Å². The van der Waals surface area contributed by atoms with Crippen molar-refractivity contribution in [2.75, 3.05) is 83.6 Å². The summed E-state index contributed by atoms with van der Waals surface area (Å²) in [7, 11) is 0. The molecule has 4 rings (SSSR count). The van der Waals surface area contributed by atoms with Crippen molar-refractivity contribution >= 4 is 70.2 Å². The fourth-order valence-corrected chi connectivity index (χ4v) is 7.73. The number of fused-ring (bicyclic) bond motifs is 1. The first-order valence-electron chi connectivity index (χ1n) is 18.0. The Balaban J connectivity index is 0.898. The van der Waals surface area contributed by atoms with Crippen LogP contribution in [0.15, 0.2) is 36.4 Å². The first-order chi connectivity index (χ1) is 26.2. The van der Waals surface area contributed by atoms with Crippen LogP contribution in [0, 0.1) is 0 Å². The van der Waals surface area contributed by atoms with Crippen LogP contribution in [0.3, 0.4) is 0 Å². The summed E-state index contributed by atoms with van der Waals surface area (Å²) in [4.78, 5) is 47.2. The van der Waals surface area contributed by atoms with E-state index >= 15 is 0 Å². The summed E-state index contributed by atoms with van der Waals surface area (Å²) >= 11 is 14.7. The molecule has 0 aromatic heterocycles. The van der Waals surface area contributed by atoms with Gasteiger partial charge in [0.15, 0.2) is 0 Å². The molecular formula is C36H49Cl2N5O10S. The molecule has 6 N–H and O–H groups in total. The van der Waals surface area contributed by atoms with Crippen LogP contribution in [-0.2, 0) is 28.5 Å². The Bertz CT molecular complexity index is 1530. The standard InChI is InChI=1S/C36H49Cl2N5O10S/c37-25-9-10-28(32(38)33(25)41-26-6-2-1-5-24(26)35(46)47)53-16-13-40-31(45)11-14-49-17-19-51-21-22-52-20-18-50-15-12-39-30(44)8-4-3-7-29-34-27(23-54-29)42-36(48)43-34/h1-2,5-6,9-10,27,29,34,41H,3-4,7-8,11-23H2,(H,39,44)(H,40,45)(H,46,47)(H2,42,43,48)/t27-,29-,34-/m0/s1. The number of unbranched alkanes of at least 4 members (excludes halogenated alkanes) is 1. The van der Waals surface area contributed by atoms with E-state index in [1.807, 2.05) is 11.8 Å². The van der Waals surface area contributed by atoms with Crippen LogP contribution in [0.2, 0.25) is 10.0 Å². The SMILES string of the molecule is O=C(CCCC[C@@H]1SC[C@@H]2NC(=O)N[C@@H]21)NCCOCCOCCOCCOCCC(=O)NCCOc1ccc(Cl)c(Nc2ccccc2C(=O)O)c1Cl. The van der Waals surface area contributed by atoms with E-state index in [1.54, 1.807) is 30.3 Å². The van der Waals surface area contributed by atoms with Gasteiger partial charge >= 0.3 is 12.0 Å². The maximum atomic E-state index is 12.1. The van der Waals surface area contributed by atoms with Crippen LogP contribution >= 0.6 is 35.0 Å². The van der Waals surface area contributed by atoms with Crippen LogP contribution in [0.4, 0.5) is 16.2 Å². The molecule has 2 heterocycles. The molecule has 2 saturated heterocycles. The van der Waals surface area contributed by atoms with Gasteiger partial charge in [-0.15, -0.1) is 0 Å². The highest BCUT2D eigenvalue weighted by molar-refractivity contribution is 8.00. The van der Waals surface area contributed by atoms with Crippen LogP contribution in [-0.4, -0.2) is 125 Å². The van der Waals surface area contributed by atoms with E-state index in [1.165, 1.54) is 6.07 Å². The summed E-state index contributed by atoms with van der Waals surface area (Å²) in [6.07, 6.45) is 3.42. The molecule has 0 unspecified atom stereocenters. The lowest BCUT2D eigenvalue weighted by Gasteiger charge is -2.16. The number of carbonyl (C=O) groups is 4. The van der Waals surface area contributed by atoms with Crippen LogP contribution in [0.25, 0.3) is 0 Å². The maximum Gasteiger partial charge on any atom is 0.337 e. The topological polar surface area (TPSA) is 195 Å². The highest BCUT2D eigenvalue weighted by Gasteiger charge is 2.42. The van der Waals surface area contributed by atoms with Gasteiger partial charge in [0, 0.05) is 30.4 Å². The third-order valence-electron chi connectivity index (χ3n) is 8.39. The van der Waals surface area contributed by atoms with E-state index < -0.39 is 5.97 Å². The van der Waals surface area contributed by atoms with Crippen molar-refractivity contribution in [2.24, 2.45) is 0 Å². The largest absolute Gasteiger partial charge is 0.490 e. The van der Waals surface area contributed by atoms with Gasteiger partial charge in [0.1, 0.15) is 17.4 Å². The Morgan fingerprint density at radius 3 is 2.17 bits per heavy atom. The first kappa shape index (κ1) is 43.2. The molecule has 15 nitrogen and oxygen atoms in total. The molecule has 4 amide bonds. The van der Waals surface area contributed by atoms with E-state index in [-0.39, 0.29) is 71.7 Å². The number of hydrogen-bond acceptors (Lipinski definition) is 11. The molecule has 2 aromatic rings. The number of carbonyl (C=O) groups excluding carboxylic acids is 3. The minimum absolute atomic E-state index is 0.0179. The van der Waals surface area contributed by atoms with Crippen molar-refractivity contribution in [3.8, 4) is 5.75 Å². The van der Waals surface area contributed by atoms with Gasteiger partial charge in [-0.05, 0) is 37.1 Å². The second kappa shape index (κ2) is 24.1. The number of nitrogens with one attached hydrogen (secondary N) is 5. The molecule has 0 saturated carbocycles. The number of halogens is 2. The van der Waals surface area contributed by atoms with Gasteiger partial charge in [-0.3, -0.25) is 9.59 Å². The minimum Gasteiger partial charge on any atom is -0.490 e. The Labute approximate surface area is 329 Å². The normalized spacial score (nSPS) is 17.4. The number of anilines is 2. The predicted molar refractivity (Wildman–Crippen MR) is 207 cm³/mol. The molecule has 2 aliphatic rings. The van der Waals surface area contributed by atoms with Crippen LogP contribution in [0.5, 0.6) is 5.75 Å². The Hall–Kier alpha value is -3.51. The molecule has 0 bridgehead atoms. The Morgan fingerprint density at radius 2 is 1.44 bits per heavy atom. The molecule has 0 radical (unpaired) electrons. The molecule has 0 aliphatic carbocycles. The third-order valence-corrected chi connectivity index (χ3v) is 10.6. The van der Waals surface area contributed by atoms with Gasteiger partial charge < -0.3 is 55.4 Å². The van der Waals surface area contributed by atoms with Crippen LogP contribution < -0.4 is 31.3 Å². The number of aromatic carboxylic acids is 1. The average molecular weight is 815 g/mol. The summed E-state index contributed by atoms with van der Waals surface area (Å²) in [5, 5.41) is 24.9. The molecule has 298 valence electrons. The number of urea groups is 1. The minimum atomic E-state index is -1.10. The summed E-state index contributed by atoms with van der Waals surface area (Å²) in [6, 6.07) is 9.91. The van der Waals surface area contributed by atoms with Gasteiger partial charge in [0.05, 0.1) is 93.4 Å². The first-order valence-corrected chi connectivity index (χ1v) is 19.8. The monoisotopic (exact) mass is 813 g/mol. The zero-order chi connectivity index (χ0) is 38.5. The summed E-state index contributed by atoms with van der Waals surface area (Å²) in [5.74, 6) is -0.0120.